The lowest BCUT2D eigenvalue weighted by molar-refractivity contribution is -0.113. The molecule has 0 spiro atoms. The molecule has 5 heteroatoms. The Morgan fingerprint density at radius 2 is 1.95 bits per heavy atom. The van der Waals surface area contributed by atoms with Crippen LogP contribution in [0, 0.1) is 0 Å². The van der Waals surface area contributed by atoms with Crippen LogP contribution in [0.3, 0.4) is 0 Å². The molecule has 20 heavy (non-hydrogen) atoms. The summed E-state index contributed by atoms with van der Waals surface area (Å²) in [5, 5.41) is 3.29. The van der Waals surface area contributed by atoms with E-state index in [1.807, 2.05) is 30.3 Å². The summed E-state index contributed by atoms with van der Waals surface area (Å²) in [7, 11) is 0. The summed E-state index contributed by atoms with van der Waals surface area (Å²) in [6, 6.07) is 15.1. The first kappa shape index (κ1) is 14.8. The summed E-state index contributed by atoms with van der Waals surface area (Å²) in [4.78, 5) is 11.8. The molecule has 0 bridgehead atoms. The third-order valence-corrected chi connectivity index (χ3v) is 3.97. The van der Waals surface area contributed by atoms with Crippen molar-refractivity contribution in [2.45, 2.75) is 5.75 Å². The molecule has 0 saturated carbocycles. The Morgan fingerprint density at radius 3 is 2.65 bits per heavy atom. The number of halogens is 1. The maximum Gasteiger partial charge on any atom is 0.234 e. The second-order valence-electron chi connectivity index (χ2n) is 4.26. The number of carbonyl (C=O) groups excluding carboxylic acids is 1. The third-order valence-electron chi connectivity index (χ3n) is 2.62. The largest absolute Gasteiger partial charge is 0.397 e. The molecule has 0 aromatic heterocycles. The fraction of sp³-hybridized carbons (Fsp3) is 0.133. The fourth-order valence-corrected chi connectivity index (χ4v) is 2.56. The Kier molecular flexibility index (Phi) is 5.32. The Hall–Kier alpha value is -1.65. The van der Waals surface area contributed by atoms with E-state index in [1.165, 1.54) is 5.56 Å². The predicted molar refractivity (Wildman–Crippen MR) is 87.1 cm³/mol. The Balaban J connectivity index is 1.79. The van der Waals surface area contributed by atoms with Crippen molar-refractivity contribution >= 4 is 40.6 Å². The molecule has 0 radical (unpaired) electrons. The number of anilines is 2. The van der Waals surface area contributed by atoms with Crippen LogP contribution in [0.2, 0.25) is 5.02 Å². The molecule has 2 aromatic carbocycles. The highest BCUT2D eigenvalue weighted by molar-refractivity contribution is 7.99. The van der Waals surface area contributed by atoms with Crippen molar-refractivity contribution in [2.75, 3.05) is 16.8 Å². The smallest absolute Gasteiger partial charge is 0.234 e. The van der Waals surface area contributed by atoms with E-state index in [-0.39, 0.29) is 5.91 Å². The van der Waals surface area contributed by atoms with Gasteiger partial charge in [0, 0.05) is 11.4 Å². The van der Waals surface area contributed by atoms with E-state index in [4.69, 9.17) is 17.3 Å². The topological polar surface area (TPSA) is 55.1 Å². The molecule has 0 heterocycles. The molecule has 104 valence electrons. The maximum absolute atomic E-state index is 11.8. The van der Waals surface area contributed by atoms with Crippen molar-refractivity contribution in [3.63, 3.8) is 0 Å². The van der Waals surface area contributed by atoms with Gasteiger partial charge in [0.25, 0.3) is 0 Å². The van der Waals surface area contributed by atoms with Crippen LogP contribution < -0.4 is 11.1 Å². The summed E-state index contributed by atoms with van der Waals surface area (Å²) in [5.41, 5.74) is 8.02. The number of carbonyl (C=O) groups is 1. The first-order chi connectivity index (χ1) is 9.65. The monoisotopic (exact) mass is 306 g/mol. The van der Waals surface area contributed by atoms with Crippen LogP contribution >= 0.6 is 23.4 Å². The van der Waals surface area contributed by atoms with E-state index >= 15 is 0 Å². The second-order valence-corrected chi connectivity index (χ2v) is 5.66. The van der Waals surface area contributed by atoms with E-state index in [0.717, 1.165) is 5.75 Å². The fourth-order valence-electron chi connectivity index (χ4n) is 1.65. The van der Waals surface area contributed by atoms with Crippen LogP contribution in [-0.2, 0) is 10.5 Å². The minimum absolute atomic E-state index is 0.0485. The first-order valence-corrected chi connectivity index (χ1v) is 7.65. The molecule has 3 N–H and O–H groups in total. The summed E-state index contributed by atoms with van der Waals surface area (Å²) >= 11 is 7.40. The lowest BCUT2D eigenvalue weighted by Crippen LogP contribution is -2.14. The van der Waals surface area contributed by atoms with E-state index in [0.29, 0.717) is 22.2 Å². The predicted octanol–water partition coefficient (Wildman–Crippen LogP) is 3.79. The van der Waals surface area contributed by atoms with Gasteiger partial charge >= 0.3 is 0 Å². The lowest BCUT2D eigenvalue weighted by Gasteiger charge is -2.07. The molecule has 0 aliphatic heterocycles. The first-order valence-electron chi connectivity index (χ1n) is 6.11. The van der Waals surface area contributed by atoms with Gasteiger partial charge in [-0.25, -0.2) is 0 Å². The van der Waals surface area contributed by atoms with E-state index in [1.54, 1.807) is 30.0 Å². The van der Waals surface area contributed by atoms with Crippen LogP contribution in [0.1, 0.15) is 5.56 Å². The zero-order chi connectivity index (χ0) is 14.4. The number of hydrogen-bond acceptors (Lipinski definition) is 3. The second kappa shape index (κ2) is 7.22. The highest BCUT2D eigenvalue weighted by atomic mass is 35.5. The van der Waals surface area contributed by atoms with Crippen LogP contribution in [0.4, 0.5) is 11.4 Å². The molecular formula is C15H15ClN2OS. The van der Waals surface area contributed by atoms with E-state index in [9.17, 15) is 4.79 Å². The van der Waals surface area contributed by atoms with Crippen LogP contribution in [0.25, 0.3) is 0 Å². The van der Waals surface area contributed by atoms with Gasteiger partial charge < -0.3 is 11.1 Å². The molecule has 1 amide bonds. The summed E-state index contributed by atoms with van der Waals surface area (Å²) in [6.07, 6.45) is 0. The summed E-state index contributed by atoms with van der Waals surface area (Å²) in [5.74, 6) is 1.17. The standard InChI is InChI=1S/C15H15ClN2OS/c16-13-7-6-12(8-14(13)17)18-15(19)10-20-9-11-4-2-1-3-5-11/h1-8H,9-10,17H2,(H,18,19). The molecule has 2 aromatic rings. The number of nitrogen functional groups attached to an aromatic ring is 1. The van der Waals surface area contributed by atoms with Crippen LogP contribution in [-0.4, -0.2) is 11.7 Å². The molecular weight excluding hydrogens is 292 g/mol. The minimum Gasteiger partial charge on any atom is -0.397 e. The Bertz CT molecular complexity index is 590. The van der Waals surface area contributed by atoms with Crippen molar-refractivity contribution in [1.82, 2.24) is 0 Å². The van der Waals surface area contributed by atoms with Crippen molar-refractivity contribution in [3.05, 3.63) is 59.1 Å². The van der Waals surface area contributed by atoms with Crippen LogP contribution in [0.15, 0.2) is 48.5 Å². The molecule has 0 fully saturated rings. The van der Waals surface area contributed by atoms with Gasteiger partial charge in [0.2, 0.25) is 5.91 Å². The van der Waals surface area contributed by atoms with Gasteiger partial charge in [-0.05, 0) is 23.8 Å². The number of nitrogens with two attached hydrogens (primary N) is 1. The third kappa shape index (κ3) is 4.47. The van der Waals surface area contributed by atoms with Gasteiger partial charge in [-0.1, -0.05) is 41.9 Å². The number of amides is 1. The SMILES string of the molecule is Nc1cc(NC(=O)CSCc2ccccc2)ccc1Cl. The molecule has 0 saturated heterocycles. The van der Waals surface area contributed by atoms with Gasteiger partial charge in [-0.3, -0.25) is 4.79 Å². The van der Waals surface area contributed by atoms with Crippen molar-refractivity contribution < 1.29 is 4.79 Å². The zero-order valence-corrected chi connectivity index (χ0v) is 12.4. The number of thioether (sulfide) groups is 1. The average molecular weight is 307 g/mol. The average Bonchev–Trinajstić information content (AvgIpc) is 2.44. The number of hydrogen-bond donors (Lipinski definition) is 2. The normalized spacial score (nSPS) is 10.2. The lowest BCUT2D eigenvalue weighted by atomic mass is 10.2. The molecule has 0 unspecified atom stereocenters. The van der Waals surface area contributed by atoms with Gasteiger partial charge in [0.1, 0.15) is 0 Å². The Morgan fingerprint density at radius 1 is 1.20 bits per heavy atom. The van der Waals surface area contributed by atoms with E-state index in [2.05, 4.69) is 5.32 Å². The minimum atomic E-state index is -0.0485. The summed E-state index contributed by atoms with van der Waals surface area (Å²) < 4.78 is 0. The number of nitrogens with one attached hydrogen (secondary N) is 1. The van der Waals surface area contributed by atoms with Gasteiger partial charge in [0.15, 0.2) is 0 Å². The zero-order valence-electron chi connectivity index (χ0n) is 10.8. The van der Waals surface area contributed by atoms with Crippen molar-refractivity contribution in [2.24, 2.45) is 0 Å². The molecule has 0 aliphatic rings. The Labute approximate surface area is 127 Å². The van der Waals surface area contributed by atoms with Gasteiger partial charge in [0.05, 0.1) is 16.5 Å². The van der Waals surface area contributed by atoms with Gasteiger partial charge in [-0.2, -0.15) is 0 Å². The molecule has 3 nitrogen and oxygen atoms in total. The van der Waals surface area contributed by atoms with Crippen molar-refractivity contribution in [3.8, 4) is 0 Å². The quantitative estimate of drug-likeness (QED) is 0.826. The molecule has 2 rings (SSSR count). The van der Waals surface area contributed by atoms with Gasteiger partial charge in [-0.15, -0.1) is 11.8 Å². The van der Waals surface area contributed by atoms with Crippen molar-refractivity contribution in [1.29, 1.82) is 0 Å². The molecule has 0 atom stereocenters. The van der Waals surface area contributed by atoms with E-state index < -0.39 is 0 Å². The molecule has 0 aliphatic carbocycles. The number of rotatable bonds is 5. The summed E-state index contributed by atoms with van der Waals surface area (Å²) in [6.45, 7) is 0. The maximum atomic E-state index is 11.8. The highest BCUT2D eigenvalue weighted by Crippen LogP contribution is 2.22. The van der Waals surface area contributed by atoms with Crippen LogP contribution in [0.5, 0.6) is 0 Å². The number of benzene rings is 2. The highest BCUT2D eigenvalue weighted by Gasteiger charge is 2.04.